The Labute approximate surface area is 170 Å². The van der Waals surface area contributed by atoms with E-state index in [0.29, 0.717) is 5.56 Å². The fourth-order valence-electron chi connectivity index (χ4n) is 3.48. The first-order valence-corrected chi connectivity index (χ1v) is 9.62. The first kappa shape index (κ1) is 18.8. The van der Waals surface area contributed by atoms with E-state index in [1.54, 1.807) is 36.4 Å². The summed E-state index contributed by atoms with van der Waals surface area (Å²) in [6.45, 7) is 1.86. The second-order valence-corrected chi connectivity index (χ2v) is 7.84. The largest absolute Gasteiger partial charge is 0.369 e. The molecule has 7 nitrogen and oxygen atoms in total. The summed E-state index contributed by atoms with van der Waals surface area (Å²) in [5.41, 5.74) is 6.58. The van der Waals surface area contributed by atoms with E-state index in [0.717, 1.165) is 10.4 Å². The van der Waals surface area contributed by atoms with Gasteiger partial charge < -0.3 is 10.3 Å². The van der Waals surface area contributed by atoms with Crippen molar-refractivity contribution in [2.75, 3.05) is 7.05 Å². The van der Waals surface area contributed by atoms with Crippen LogP contribution in [-0.2, 0) is 10.3 Å². The summed E-state index contributed by atoms with van der Waals surface area (Å²) >= 11 is 1.43. The van der Waals surface area contributed by atoms with Crippen molar-refractivity contribution in [2.45, 2.75) is 18.5 Å². The molecule has 1 amide bonds. The third-order valence-corrected chi connectivity index (χ3v) is 6.29. The Hall–Kier alpha value is -3.51. The summed E-state index contributed by atoms with van der Waals surface area (Å²) in [4.78, 5) is 23.9. The second kappa shape index (κ2) is 6.83. The number of carbonyl (C=O) groups is 1. The molecular weight excluding hydrogens is 391 g/mol. The van der Waals surface area contributed by atoms with Gasteiger partial charge in [0.25, 0.3) is 5.91 Å². The summed E-state index contributed by atoms with van der Waals surface area (Å²) in [6.07, 6.45) is 4.91. The van der Waals surface area contributed by atoms with Gasteiger partial charge in [0.05, 0.1) is 11.9 Å². The molecule has 0 bridgehead atoms. The minimum absolute atomic E-state index is 0.0190. The predicted octanol–water partition coefficient (Wildman–Crippen LogP) is 2.87. The number of amides is 1. The molecular formula is C20H17FN6OS. The molecule has 0 saturated heterocycles. The smallest absolute Gasteiger partial charge is 0.255 e. The molecule has 2 aromatic heterocycles. The van der Waals surface area contributed by atoms with Crippen molar-refractivity contribution < 1.29 is 9.18 Å². The summed E-state index contributed by atoms with van der Waals surface area (Å²) in [6, 6.07) is 7.50. The standard InChI is InChI=1S/C20H17FN6OS/c1-20(17(27-6-5-24-11-27)18(28)26(2)19(23)25-20)16-8-14(10-29-16)12-3-4-15(21)13(7-12)9-22/h3-8,10-11,17H,1-2H3,(H2,23,25)/t17-,20-/m1/s1. The quantitative estimate of drug-likeness (QED) is 0.720. The van der Waals surface area contributed by atoms with Gasteiger partial charge in [0.1, 0.15) is 23.5 Å². The van der Waals surface area contributed by atoms with Crippen molar-refractivity contribution in [3.8, 4) is 17.2 Å². The molecule has 0 radical (unpaired) electrons. The molecule has 3 heterocycles. The first-order valence-electron chi connectivity index (χ1n) is 8.74. The van der Waals surface area contributed by atoms with Crippen LogP contribution in [0.1, 0.15) is 23.4 Å². The molecule has 29 heavy (non-hydrogen) atoms. The van der Waals surface area contributed by atoms with Crippen LogP contribution in [0.15, 0.2) is 53.4 Å². The van der Waals surface area contributed by atoms with E-state index in [9.17, 15) is 9.18 Å². The number of guanidine groups is 1. The van der Waals surface area contributed by atoms with E-state index in [1.165, 1.54) is 28.4 Å². The Morgan fingerprint density at radius 2 is 2.14 bits per heavy atom. The number of aromatic nitrogens is 2. The maximum Gasteiger partial charge on any atom is 0.255 e. The number of nitriles is 1. The van der Waals surface area contributed by atoms with Crippen molar-refractivity contribution in [1.29, 1.82) is 5.26 Å². The predicted molar refractivity (Wildman–Crippen MR) is 107 cm³/mol. The van der Waals surface area contributed by atoms with E-state index < -0.39 is 17.4 Å². The lowest BCUT2D eigenvalue weighted by molar-refractivity contribution is -0.133. The topological polar surface area (TPSA) is 100 Å². The lowest BCUT2D eigenvalue weighted by Crippen LogP contribution is -2.53. The Balaban J connectivity index is 1.82. The fourth-order valence-corrected chi connectivity index (χ4v) is 4.53. The van der Waals surface area contributed by atoms with E-state index in [2.05, 4.69) is 9.98 Å². The van der Waals surface area contributed by atoms with Gasteiger partial charge in [0.15, 0.2) is 5.96 Å². The van der Waals surface area contributed by atoms with Crippen LogP contribution < -0.4 is 5.73 Å². The van der Waals surface area contributed by atoms with E-state index in [-0.39, 0.29) is 17.4 Å². The van der Waals surface area contributed by atoms with Gasteiger partial charge in [-0.15, -0.1) is 11.3 Å². The molecule has 0 saturated carbocycles. The van der Waals surface area contributed by atoms with Crippen LogP contribution in [0, 0.1) is 17.1 Å². The van der Waals surface area contributed by atoms with Crippen molar-refractivity contribution in [2.24, 2.45) is 10.7 Å². The maximum absolute atomic E-state index is 13.7. The van der Waals surface area contributed by atoms with Crippen LogP contribution in [0.4, 0.5) is 4.39 Å². The lowest BCUT2D eigenvalue weighted by Gasteiger charge is -2.40. The van der Waals surface area contributed by atoms with Crippen LogP contribution in [0.5, 0.6) is 0 Å². The van der Waals surface area contributed by atoms with E-state index in [1.807, 2.05) is 24.4 Å². The van der Waals surface area contributed by atoms with Crippen molar-refractivity contribution in [3.05, 3.63) is 64.6 Å². The molecule has 1 aromatic carbocycles. The number of thiophene rings is 1. The highest BCUT2D eigenvalue weighted by molar-refractivity contribution is 7.10. The SMILES string of the molecule is CN1C(=O)[C@@H](n2ccnc2)[C@@](C)(c2cc(-c3ccc(F)c(C#N)c3)cs2)N=C1N. The molecule has 0 unspecified atom stereocenters. The number of nitrogens with zero attached hydrogens (tertiary/aromatic N) is 5. The number of imidazole rings is 1. The fraction of sp³-hybridized carbons (Fsp3) is 0.200. The maximum atomic E-state index is 13.7. The Bertz CT molecular complexity index is 1160. The van der Waals surface area contributed by atoms with Crippen molar-refractivity contribution in [1.82, 2.24) is 14.5 Å². The lowest BCUT2D eigenvalue weighted by atomic mass is 9.87. The van der Waals surface area contributed by atoms with E-state index in [4.69, 9.17) is 11.0 Å². The van der Waals surface area contributed by atoms with Crippen LogP contribution in [0.3, 0.4) is 0 Å². The van der Waals surface area contributed by atoms with Crippen LogP contribution in [-0.4, -0.2) is 33.4 Å². The monoisotopic (exact) mass is 408 g/mol. The average molecular weight is 408 g/mol. The molecule has 1 aliphatic heterocycles. The minimum Gasteiger partial charge on any atom is -0.369 e. The number of likely N-dealkylation sites (N-methyl/N-ethyl adjacent to an activating group) is 1. The molecule has 2 atom stereocenters. The van der Waals surface area contributed by atoms with Crippen molar-refractivity contribution >= 4 is 23.2 Å². The summed E-state index contributed by atoms with van der Waals surface area (Å²) in [5.74, 6) is -0.615. The minimum atomic E-state index is -0.949. The molecule has 9 heteroatoms. The third-order valence-electron chi connectivity index (χ3n) is 5.13. The zero-order chi connectivity index (χ0) is 20.8. The number of carbonyl (C=O) groups excluding carboxylic acids is 1. The highest BCUT2D eigenvalue weighted by Crippen LogP contribution is 2.44. The molecule has 0 spiro atoms. The number of rotatable bonds is 3. The zero-order valence-corrected chi connectivity index (χ0v) is 16.5. The number of aliphatic imine (C=N–C) groups is 1. The van der Waals surface area contributed by atoms with Gasteiger partial charge in [-0.05, 0) is 41.6 Å². The summed E-state index contributed by atoms with van der Waals surface area (Å²) < 4.78 is 15.4. The molecule has 0 fully saturated rings. The van der Waals surface area contributed by atoms with Gasteiger partial charge in [-0.3, -0.25) is 9.69 Å². The van der Waals surface area contributed by atoms with Crippen LogP contribution >= 0.6 is 11.3 Å². The number of nitrogens with two attached hydrogens (primary N) is 1. The second-order valence-electron chi connectivity index (χ2n) is 6.93. The number of hydrogen-bond donors (Lipinski definition) is 1. The van der Waals surface area contributed by atoms with Crippen LogP contribution in [0.25, 0.3) is 11.1 Å². The highest BCUT2D eigenvalue weighted by Gasteiger charge is 2.48. The van der Waals surface area contributed by atoms with Gasteiger partial charge >= 0.3 is 0 Å². The first-order chi connectivity index (χ1) is 13.8. The van der Waals surface area contributed by atoms with Gasteiger partial charge in [0.2, 0.25) is 0 Å². The molecule has 4 rings (SSSR count). The average Bonchev–Trinajstić information content (AvgIpc) is 3.39. The van der Waals surface area contributed by atoms with Gasteiger partial charge in [0, 0.05) is 24.3 Å². The van der Waals surface area contributed by atoms with Crippen molar-refractivity contribution in [3.63, 3.8) is 0 Å². The number of hydrogen-bond acceptors (Lipinski definition) is 6. The van der Waals surface area contributed by atoms with E-state index >= 15 is 0 Å². The summed E-state index contributed by atoms with van der Waals surface area (Å²) in [7, 11) is 1.59. The Morgan fingerprint density at radius 1 is 1.34 bits per heavy atom. The number of halogens is 1. The summed E-state index contributed by atoms with van der Waals surface area (Å²) in [5, 5.41) is 11.0. The third kappa shape index (κ3) is 2.98. The number of benzene rings is 1. The molecule has 2 N–H and O–H groups in total. The normalized spacial score (nSPS) is 21.7. The van der Waals surface area contributed by atoms with Crippen LogP contribution in [0.2, 0.25) is 0 Å². The molecule has 0 aliphatic carbocycles. The molecule has 1 aliphatic rings. The van der Waals surface area contributed by atoms with Gasteiger partial charge in [-0.2, -0.15) is 5.26 Å². The zero-order valence-electron chi connectivity index (χ0n) is 15.7. The highest BCUT2D eigenvalue weighted by atomic mass is 32.1. The molecule has 3 aromatic rings. The van der Waals surface area contributed by atoms with Gasteiger partial charge in [-0.25, -0.2) is 14.4 Å². The Morgan fingerprint density at radius 3 is 2.83 bits per heavy atom. The Kier molecular flexibility index (Phi) is 4.43. The molecule has 146 valence electrons. The van der Waals surface area contributed by atoms with Gasteiger partial charge in [-0.1, -0.05) is 6.07 Å².